The third-order valence-corrected chi connectivity index (χ3v) is 6.88. The van der Waals surface area contributed by atoms with E-state index in [0.717, 1.165) is 6.54 Å². The largest absolute Gasteiger partial charge is 0.296 e. The van der Waals surface area contributed by atoms with Gasteiger partial charge in [0.1, 0.15) is 0 Å². The van der Waals surface area contributed by atoms with Crippen LogP contribution in [0, 0.1) is 0 Å². The summed E-state index contributed by atoms with van der Waals surface area (Å²) in [7, 11) is -3.44. The van der Waals surface area contributed by atoms with Crippen molar-refractivity contribution in [1.29, 1.82) is 0 Å². The van der Waals surface area contributed by atoms with Gasteiger partial charge in [-0.25, -0.2) is 8.42 Å². The Morgan fingerprint density at radius 3 is 2.04 bits per heavy atom. The second-order valence-electron chi connectivity index (χ2n) is 6.12. The third-order valence-electron chi connectivity index (χ3n) is 4.36. The highest BCUT2D eigenvalue weighted by atomic mass is 35.5. The Kier molecular flexibility index (Phi) is 6.02. The minimum absolute atomic E-state index is 0.163. The van der Waals surface area contributed by atoms with Crippen LogP contribution in [0.1, 0.15) is 11.1 Å². The lowest BCUT2D eigenvalue weighted by Crippen LogP contribution is -2.48. The van der Waals surface area contributed by atoms with Crippen LogP contribution in [0.5, 0.6) is 0 Å². The first-order valence-corrected chi connectivity index (χ1v) is 10.5. The molecule has 0 amide bonds. The van der Waals surface area contributed by atoms with Gasteiger partial charge in [0.05, 0.1) is 5.75 Å². The molecule has 134 valence electrons. The van der Waals surface area contributed by atoms with Gasteiger partial charge in [0.15, 0.2) is 0 Å². The molecule has 2 aromatic rings. The van der Waals surface area contributed by atoms with Crippen LogP contribution in [-0.2, 0) is 22.3 Å². The number of piperazine rings is 1. The number of benzene rings is 2. The molecule has 0 spiro atoms. The molecule has 25 heavy (non-hydrogen) atoms. The van der Waals surface area contributed by atoms with Crippen LogP contribution >= 0.6 is 23.2 Å². The minimum Gasteiger partial charge on any atom is -0.296 e. The van der Waals surface area contributed by atoms with Gasteiger partial charge in [-0.2, -0.15) is 4.31 Å². The molecule has 3 rings (SSSR count). The van der Waals surface area contributed by atoms with Crippen LogP contribution in [-0.4, -0.2) is 43.8 Å². The first kappa shape index (κ1) is 18.7. The number of hydrogen-bond donors (Lipinski definition) is 0. The van der Waals surface area contributed by atoms with E-state index in [0.29, 0.717) is 41.8 Å². The average molecular weight is 399 g/mol. The standard InChI is InChI=1S/C18H20Cl2N2O2S/c19-17-7-4-8-18(20)16(17)14-25(23,24)22-11-9-21(10-12-22)13-15-5-2-1-3-6-15/h1-8H,9-14H2. The van der Waals surface area contributed by atoms with E-state index in [1.807, 2.05) is 18.2 Å². The minimum atomic E-state index is -3.44. The van der Waals surface area contributed by atoms with E-state index in [2.05, 4.69) is 17.0 Å². The Bertz CT molecular complexity index is 800. The summed E-state index contributed by atoms with van der Waals surface area (Å²) in [6.45, 7) is 3.23. The highest BCUT2D eigenvalue weighted by Gasteiger charge is 2.28. The second kappa shape index (κ2) is 8.06. The molecule has 4 nitrogen and oxygen atoms in total. The Hall–Kier alpha value is -1.11. The van der Waals surface area contributed by atoms with Crippen molar-refractivity contribution >= 4 is 33.2 Å². The molecule has 1 aliphatic heterocycles. The molecule has 0 unspecified atom stereocenters. The van der Waals surface area contributed by atoms with Crippen molar-refractivity contribution in [2.45, 2.75) is 12.3 Å². The molecule has 2 aromatic carbocycles. The summed E-state index contributed by atoms with van der Waals surface area (Å²) >= 11 is 12.2. The van der Waals surface area contributed by atoms with E-state index in [9.17, 15) is 8.42 Å². The maximum atomic E-state index is 12.7. The number of rotatable bonds is 5. The van der Waals surface area contributed by atoms with E-state index in [1.165, 1.54) is 9.87 Å². The number of nitrogens with zero attached hydrogens (tertiary/aromatic N) is 2. The average Bonchev–Trinajstić information content (AvgIpc) is 2.60. The van der Waals surface area contributed by atoms with E-state index in [4.69, 9.17) is 23.2 Å². The lowest BCUT2D eigenvalue weighted by Gasteiger charge is -2.34. The summed E-state index contributed by atoms with van der Waals surface area (Å²) in [5.74, 6) is -0.163. The molecule has 1 aliphatic rings. The Labute approximate surface area is 159 Å². The maximum Gasteiger partial charge on any atom is 0.218 e. The Morgan fingerprint density at radius 1 is 0.840 bits per heavy atom. The Morgan fingerprint density at radius 2 is 1.44 bits per heavy atom. The molecule has 0 aromatic heterocycles. The molecule has 0 bridgehead atoms. The molecule has 1 heterocycles. The summed E-state index contributed by atoms with van der Waals surface area (Å²) < 4.78 is 27.0. The van der Waals surface area contributed by atoms with Gasteiger partial charge < -0.3 is 0 Å². The summed E-state index contributed by atoms with van der Waals surface area (Å²) in [6.07, 6.45) is 0. The predicted octanol–water partition coefficient (Wildman–Crippen LogP) is 3.64. The normalized spacial score (nSPS) is 16.9. The molecular weight excluding hydrogens is 379 g/mol. The van der Waals surface area contributed by atoms with Crippen molar-refractivity contribution in [1.82, 2.24) is 9.21 Å². The highest BCUT2D eigenvalue weighted by Crippen LogP contribution is 2.27. The van der Waals surface area contributed by atoms with Crippen molar-refractivity contribution in [3.05, 3.63) is 69.7 Å². The van der Waals surface area contributed by atoms with Crippen LogP contribution in [0.3, 0.4) is 0 Å². The summed E-state index contributed by atoms with van der Waals surface area (Å²) in [5, 5.41) is 0.776. The van der Waals surface area contributed by atoms with Crippen molar-refractivity contribution < 1.29 is 8.42 Å². The zero-order valence-corrected chi connectivity index (χ0v) is 16.1. The van der Waals surface area contributed by atoms with Crippen molar-refractivity contribution in [2.75, 3.05) is 26.2 Å². The number of halogens is 2. The summed E-state index contributed by atoms with van der Waals surface area (Å²) in [5.41, 5.74) is 1.71. The van der Waals surface area contributed by atoms with Gasteiger partial charge in [-0.1, -0.05) is 59.6 Å². The monoisotopic (exact) mass is 398 g/mol. The lowest BCUT2D eigenvalue weighted by atomic mass is 10.2. The summed E-state index contributed by atoms with van der Waals surface area (Å²) in [4.78, 5) is 2.27. The maximum absolute atomic E-state index is 12.7. The van der Waals surface area contributed by atoms with Gasteiger partial charge in [0.2, 0.25) is 10.0 Å². The fourth-order valence-electron chi connectivity index (χ4n) is 2.95. The van der Waals surface area contributed by atoms with E-state index in [-0.39, 0.29) is 5.75 Å². The van der Waals surface area contributed by atoms with Gasteiger partial charge >= 0.3 is 0 Å². The highest BCUT2D eigenvalue weighted by molar-refractivity contribution is 7.88. The van der Waals surface area contributed by atoms with Gasteiger partial charge in [-0.05, 0) is 17.7 Å². The third kappa shape index (κ3) is 4.74. The van der Waals surface area contributed by atoms with E-state index < -0.39 is 10.0 Å². The first-order valence-electron chi connectivity index (χ1n) is 8.13. The van der Waals surface area contributed by atoms with Crippen LogP contribution in [0.2, 0.25) is 10.0 Å². The predicted molar refractivity (Wildman–Crippen MR) is 102 cm³/mol. The second-order valence-corrected chi connectivity index (χ2v) is 8.90. The number of sulfonamides is 1. The zero-order valence-electron chi connectivity index (χ0n) is 13.7. The fourth-order valence-corrected chi connectivity index (χ4v) is 5.22. The number of hydrogen-bond acceptors (Lipinski definition) is 3. The van der Waals surface area contributed by atoms with Gasteiger partial charge in [-0.15, -0.1) is 0 Å². The zero-order chi connectivity index (χ0) is 17.9. The molecule has 7 heteroatoms. The van der Waals surface area contributed by atoms with Crippen molar-refractivity contribution in [3.63, 3.8) is 0 Å². The van der Waals surface area contributed by atoms with Gasteiger partial charge in [-0.3, -0.25) is 4.90 Å². The van der Waals surface area contributed by atoms with E-state index >= 15 is 0 Å². The van der Waals surface area contributed by atoms with E-state index in [1.54, 1.807) is 18.2 Å². The molecule has 0 radical (unpaired) electrons. The molecule has 0 atom stereocenters. The quantitative estimate of drug-likeness (QED) is 0.771. The first-order chi connectivity index (χ1) is 12.0. The Balaban J connectivity index is 1.62. The molecule has 0 aliphatic carbocycles. The molecule has 1 saturated heterocycles. The molecule has 0 N–H and O–H groups in total. The topological polar surface area (TPSA) is 40.6 Å². The van der Waals surface area contributed by atoms with Crippen LogP contribution in [0.25, 0.3) is 0 Å². The molecule has 1 fully saturated rings. The van der Waals surface area contributed by atoms with Crippen LogP contribution < -0.4 is 0 Å². The van der Waals surface area contributed by atoms with Gasteiger partial charge in [0, 0.05) is 48.3 Å². The SMILES string of the molecule is O=S(=O)(Cc1c(Cl)cccc1Cl)N1CCN(Cc2ccccc2)CC1. The van der Waals surface area contributed by atoms with Crippen molar-refractivity contribution in [3.8, 4) is 0 Å². The van der Waals surface area contributed by atoms with Crippen molar-refractivity contribution in [2.24, 2.45) is 0 Å². The van der Waals surface area contributed by atoms with Crippen LogP contribution in [0.15, 0.2) is 48.5 Å². The van der Waals surface area contributed by atoms with Crippen LogP contribution in [0.4, 0.5) is 0 Å². The van der Waals surface area contributed by atoms with Gasteiger partial charge in [0.25, 0.3) is 0 Å². The molecule has 0 saturated carbocycles. The molecular formula is C18H20Cl2N2O2S. The summed E-state index contributed by atoms with van der Waals surface area (Å²) in [6, 6.07) is 15.2. The lowest BCUT2D eigenvalue weighted by molar-refractivity contribution is 0.181. The smallest absolute Gasteiger partial charge is 0.218 e. The fraction of sp³-hybridized carbons (Fsp3) is 0.333.